The molecule has 4 bridgehead atoms. The van der Waals surface area contributed by atoms with Crippen LogP contribution in [0.3, 0.4) is 0 Å². The molecule has 12 heteroatoms. The van der Waals surface area contributed by atoms with E-state index < -0.39 is 5.54 Å². The Morgan fingerprint density at radius 2 is 1.66 bits per heavy atom. The molecular formula is C35H57N7O4S. The highest BCUT2D eigenvalue weighted by molar-refractivity contribution is 7.11. The van der Waals surface area contributed by atoms with Crippen LogP contribution in [0.25, 0.3) is 0 Å². The molecule has 0 aromatic carbocycles. The van der Waals surface area contributed by atoms with Gasteiger partial charge in [0.1, 0.15) is 0 Å². The molecule has 6 rings (SSSR count). The van der Waals surface area contributed by atoms with Gasteiger partial charge in [0, 0.05) is 62.4 Å². The smallest absolute Gasteiger partial charge is 0.239 e. The lowest BCUT2D eigenvalue weighted by Gasteiger charge is -2.42. The maximum atomic E-state index is 13.9. The van der Waals surface area contributed by atoms with E-state index >= 15 is 0 Å². The molecule has 5 aliphatic rings. The third kappa shape index (κ3) is 9.75. The number of nitrogens with zero attached hydrogens (tertiary/aromatic N) is 4. The van der Waals surface area contributed by atoms with Crippen molar-refractivity contribution in [3.05, 3.63) is 15.6 Å². The average Bonchev–Trinajstić information content (AvgIpc) is 3.37. The van der Waals surface area contributed by atoms with Crippen LogP contribution in [0.4, 0.5) is 0 Å². The molecule has 3 saturated heterocycles. The summed E-state index contributed by atoms with van der Waals surface area (Å²) >= 11 is 1.66. The molecule has 6 heterocycles. The minimum absolute atomic E-state index is 0.105. The van der Waals surface area contributed by atoms with E-state index in [0.717, 1.165) is 54.4 Å². The molecule has 0 radical (unpaired) electrons. The summed E-state index contributed by atoms with van der Waals surface area (Å²) in [5, 5.41) is 11.1. The Balaban J connectivity index is 1.32. The molecule has 0 aliphatic carbocycles. The van der Waals surface area contributed by atoms with Crippen molar-refractivity contribution in [3.63, 3.8) is 0 Å². The lowest BCUT2D eigenvalue weighted by atomic mass is 9.83. The number of carbonyl (C=O) groups is 4. The molecule has 4 amide bonds. The number of nitrogens with one attached hydrogen (secondary N) is 3. The molecule has 0 unspecified atom stereocenters. The third-order valence-corrected chi connectivity index (χ3v) is 11.7. The zero-order valence-electron chi connectivity index (χ0n) is 29.3. The van der Waals surface area contributed by atoms with Gasteiger partial charge in [0.2, 0.25) is 23.6 Å². The average molecular weight is 672 g/mol. The van der Waals surface area contributed by atoms with Crippen LogP contribution in [0.15, 0.2) is 0 Å². The molecule has 1 spiro atoms. The van der Waals surface area contributed by atoms with E-state index in [4.69, 9.17) is 4.98 Å². The van der Waals surface area contributed by atoms with Gasteiger partial charge in [0.25, 0.3) is 0 Å². The van der Waals surface area contributed by atoms with Gasteiger partial charge < -0.3 is 30.7 Å². The van der Waals surface area contributed by atoms with Crippen molar-refractivity contribution in [3.8, 4) is 0 Å². The van der Waals surface area contributed by atoms with Crippen LogP contribution in [0.5, 0.6) is 0 Å². The van der Waals surface area contributed by atoms with Crippen molar-refractivity contribution >= 4 is 35.0 Å². The maximum absolute atomic E-state index is 13.9. The van der Waals surface area contributed by atoms with E-state index in [9.17, 15) is 19.2 Å². The van der Waals surface area contributed by atoms with Crippen molar-refractivity contribution in [1.82, 2.24) is 35.6 Å². The van der Waals surface area contributed by atoms with Crippen molar-refractivity contribution in [2.45, 2.75) is 122 Å². The van der Waals surface area contributed by atoms with Gasteiger partial charge in [-0.1, -0.05) is 20.8 Å². The summed E-state index contributed by atoms with van der Waals surface area (Å²) in [6.07, 6.45) is 6.98. The normalized spacial score (nSPS) is 24.9. The standard InChI is InChI=1S/C35H57N7O4S/c1-24-28-21-29(43)39-35(12-19-41(20-13-35)31(45)23-34(2,3)4)22-30(44)36-14-6-7-27(37-26-10-15-40(5)16-11-26)33(46)42-17-8-25(9-18-42)32(38-28)47-24/h25-27,37H,6-23H2,1-5H3,(H,36,44)(H,39,43)/t27-/m0/s1. The van der Waals surface area contributed by atoms with Gasteiger partial charge in [0.05, 0.1) is 28.7 Å². The number of piperidine rings is 3. The molecule has 1 aromatic heterocycles. The van der Waals surface area contributed by atoms with Gasteiger partial charge in [-0.05, 0) is 83.8 Å². The Morgan fingerprint density at radius 1 is 0.979 bits per heavy atom. The second-order valence-corrected chi connectivity index (χ2v) is 17.0. The Kier molecular flexibility index (Phi) is 11.6. The first-order valence-electron chi connectivity index (χ1n) is 17.8. The number of likely N-dealkylation sites (tertiary alicyclic amines) is 2. The summed E-state index contributed by atoms with van der Waals surface area (Å²) in [5.41, 5.74) is -0.0409. The van der Waals surface area contributed by atoms with Crippen molar-refractivity contribution in [2.24, 2.45) is 5.41 Å². The number of carbonyl (C=O) groups excluding carboxylic acids is 4. The van der Waals surface area contributed by atoms with Crippen molar-refractivity contribution in [1.29, 1.82) is 0 Å². The lowest BCUT2D eigenvalue weighted by molar-refractivity contribution is -0.136. The SMILES string of the molecule is Cc1sc2nc1CC(=O)NC1(CCN(C(=O)CC(C)(C)C)CC1)CC(=O)NCCC[C@H](NC1CCN(C)CC1)C(=O)N1CCC2CC1. The number of rotatable bonds is 3. The molecule has 5 aliphatic heterocycles. The second-order valence-electron chi connectivity index (χ2n) is 15.7. The van der Waals surface area contributed by atoms with Gasteiger partial charge in [-0.3, -0.25) is 19.2 Å². The van der Waals surface area contributed by atoms with E-state index in [1.54, 1.807) is 11.3 Å². The fourth-order valence-electron chi connectivity index (χ4n) is 7.59. The largest absolute Gasteiger partial charge is 0.356 e. The Hall–Kier alpha value is -2.57. The van der Waals surface area contributed by atoms with Crippen LogP contribution < -0.4 is 16.0 Å². The molecule has 3 N–H and O–H groups in total. The van der Waals surface area contributed by atoms with Gasteiger partial charge in [-0.25, -0.2) is 4.98 Å². The number of thiazole rings is 1. The van der Waals surface area contributed by atoms with Crippen LogP contribution in [0.2, 0.25) is 0 Å². The molecule has 0 saturated carbocycles. The van der Waals surface area contributed by atoms with Crippen LogP contribution >= 0.6 is 11.3 Å². The van der Waals surface area contributed by atoms with Crippen LogP contribution in [0, 0.1) is 12.3 Å². The summed E-state index contributed by atoms with van der Waals surface area (Å²) in [6, 6.07) is 0.0449. The number of hydrogen-bond acceptors (Lipinski definition) is 8. The second kappa shape index (κ2) is 15.3. The predicted molar refractivity (Wildman–Crippen MR) is 184 cm³/mol. The zero-order chi connectivity index (χ0) is 33.8. The Bertz CT molecular complexity index is 1270. The van der Waals surface area contributed by atoms with Crippen molar-refractivity contribution < 1.29 is 19.2 Å². The van der Waals surface area contributed by atoms with E-state index in [2.05, 4.69) is 48.7 Å². The monoisotopic (exact) mass is 671 g/mol. The highest BCUT2D eigenvalue weighted by Gasteiger charge is 2.40. The number of fused-ring (bicyclic) bond motifs is 11. The first kappa shape index (κ1) is 35.7. The first-order chi connectivity index (χ1) is 22.3. The molecule has 3 fully saturated rings. The highest BCUT2D eigenvalue weighted by atomic mass is 32.1. The predicted octanol–water partition coefficient (Wildman–Crippen LogP) is 2.97. The Morgan fingerprint density at radius 3 is 2.32 bits per heavy atom. The van der Waals surface area contributed by atoms with E-state index in [-0.39, 0.29) is 53.8 Å². The molecule has 1 aromatic rings. The van der Waals surface area contributed by atoms with Gasteiger partial charge >= 0.3 is 0 Å². The third-order valence-electron chi connectivity index (χ3n) is 10.5. The van der Waals surface area contributed by atoms with E-state index in [0.29, 0.717) is 70.9 Å². The van der Waals surface area contributed by atoms with Crippen molar-refractivity contribution in [2.75, 3.05) is 52.9 Å². The lowest BCUT2D eigenvalue weighted by Crippen LogP contribution is -2.58. The summed E-state index contributed by atoms with van der Waals surface area (Å²) in [4.78, 5) is 66.1. The fraction of sp³-hybridized carbons (Fsp3) is 0.800. The molecule has 1 atom stereocenters. The number of aromatic nitrogens is 1. The molecule has 262 valence electrons. The fourth-order valence-corrected chi connectivity index (χ4v) is 8.69. The van der Waals surface area contributed by atoms with Crippen LogP contribution in [-0.4, -0.2) is 114 Å². The maximum Gasteiger partial charge on any atom is 0.239 e. The first-order valence-corrected chi connectivity index (χ1v) is 18.7. The topological polar surface area (TPSA) is 127 Å². The molecular weight excluding hydrogens is 614 g/mol. The number of aryl methyl sites for hydroxylation is 1. The van der Waals surface area contributed by atoms with Crippen LogP contribution in [-0.2, 0) is 25.6 Å². The minimum atomic E-state index is -0.727. The Labute approximate surface area is 285 Å². The summed E-state index contributed by atoms with van der Waals surface area (Å²) in [7, 11) is 2.14. The van der Waals surface area contributed by atoms with Gasteiger partial charge in [0.15, 0.2) is 0 Å². The summed E-state index contributed by atoms with van der Waals surface area (Å²) in [6.45, 7) is 13.2. The minimum Gasteiger partial charge on any atom is -0.356 e. The number of amides is 4. The van der Waals surface area contributed by atoms with Gasteiger partial charge in [-0.15, -0.1) is 11.3 Å². The molecule has 47 heavy (non-hydrogen) atoms. The highest BCUT2D eigenvalue weighted by Crippen LogP contribution is 2.34. The van der Waals surface area contributed by atoms with E-state index in [1.165, 1.54) is 0 Å². The van der Waals surface area contributed by atoms with E-state index in [1.807, 2.05) is 16.7 Å². The van der Waals surface area contributed by atoms with Gasteiger partial charge in [-0.2, -0.15) is 0 Å². The number of hydrogen-bond donors (Lipinski definition) is 3. The molecule has 11 nitrogen and oxygen atoms in total. The zero-order valence-corrected chi connectivity index (χ0v) is 30.1. The summed E-state index contributed by atoms with van der Waals surface area (Å²) < 4.78 is 0. The van der Waals surface area contributed by atoms with Crippen LogP contribution in [0.1, 0.15) is 106 Å². The quantitative estimate of drug-likeness (QED) is 0.451. The summed E-state index contributed by atoms with van der Waals surface area (Å²) in [5.74, 6) is 0.328.